The lowest BCUT2D eigenvalue weighted by atomic mass is 9.85. The average molecular weight is 210 g/mol. The molecule has 88 valence electrons. The molecule has 1 aliphatic carbocycles. The maximum absolute atomic E-state index is 3.52. The standard InChI is InChI=1S/C13H26N2/c1-11(12-4-3-8-14-10-12)7-9-15(2)13-5-6-13/h11-14H,3-10H2,1-2H3. The first-order valence-electron chi connectivity index (χ1n) is 6.68. The topological polar surface area (TPSA) is 15.3 Å². The lowest BCUT2D eigenvalue weighted by Gasteiger charge is -2.29. The van der Waals surface area contributed by atoms with Gasteiger partial charge in [0.15, 0.2) is 0 Å². The molecule has 1 aliphatic heterocycles. The van der Waals surface area contributed by atoms with Gasteiger partial charge in [-0.15, -0.1) is 0 Å². The van der Waals surface area contributed by atoms with Crippen LogP contribution in [0.1, 0.15) is 39.0 Å². The molecular formula is C13H26N2. The Labute approximate surface area is 94.4 Å². The Morgan fingerprint density at radius 1 is 1.33 bits per heavy atom. The van der Waals surface area contributed by atoms with E-state index < -0.39 is 0 Å². The van der Waals surface area contributed by atoms with Crippen LogP contribution in [0.4, 0.5) is 0 Å². The quantitative estimate of drug-likeness (QED) is 0.747. The summed E-state index contributed by atoms with van der Waals surface area (Å²) in [4.78, 5) is 2.56. The molecule has 0 spiro atoms. The van der Waals surface area contributed by atoms with Gasteiger partial charge < -0.3 is 10.2 Å². The number of hydrogen-bond donors (Lipinski definition) is 1. The zero-order chi connectivity index (χ0) is 10.7. The van der Waals surface area contributed by atoms with Gasteiger partial charge in [0.05, 0.1) is 0 Å². The number of nitrogens with zero attached hydrogens (tertiary/aromatic N) is 1. The number of nitrogens with one attached hydrogen (secondary N) is 1. The Morgan fingerprint density at radius 2 is 2.13 bits per heavy atom. The van der Waals surface area contributed by atoms with E-state index in [0.29, 0.717) is 0 Å². The van der Waals surface area contributed by atoms with E-state index >= 15 is 0 Å². The first kappa shape index (κ1) is 11.4. The zero-order valence-corrected chi connectivity index (χ0v) is 10.3. The van der Waals surface area contributed by atoms with Crippen LogP contribution in [0.2, 0.25) is 0 Å². The van der Waals surface area contributed by atoms with Crippen LogP contribution >= 0.6 is 0 Å². The van der Waals surface area contributed by atoms with Gasteiger partial charge in [0.2, 0.25) is 0 Å². The first-order chi connectivity index (χ1) is 7.27. The van der Waals surface area contributed by atoms with Crippen molar-refractivity contribution in [2.45, 2.75) is 45.1 Å². The van der Waals surface area contributed by atoms with E-state index in [2.05, 4.69) is 24.2 Å². The molecule has 1 saturated heterocycles. The second-order valence-corrected chi connectivity index (χ2v) is 5.58. The Kier molecular flexibility index (Phi) is 4.04. The van der Waals surface area contributed by atoms with Crippen LogP contribution in [0.3, 0.4) is 0 Å². The summed E-state index contributed by atoms with van der Waals surface area (Å²) >= 11 is 0. The van der Waals surface area contributed by atoms with Crippen LogP contribution in [0.25, 0.3) is 0 Å². The van der Waals surface area contributed by atoms with Gasteiger partial charge in [-0.05, 0) is 70.6 Å². The molecule has 0 amide bonds. The monoisotopic (exact) mass is 210 g/mol. The molecule has 1 saturated carbocycles. The highest BCUT2D eigenvalue weighted by atomic mass is 15.1. The van der Waals surface area contributed by atoms with Crippen LogP contribution in [-0.4, -0.2) is 37.6 Å². The smallest absolute Gasteiger partial charge is 0.00933 e. The number of piperidine rings is 1. The molecule has 0 bridgehead atoms. The lowest BCUT2D eigenvalue weighted by Crippen LogP contribution is -2.34. The fraction of sp³-hybridized carbons (Fsp3) is 1.00. The third kappa shape index (κ3) is 3.46. The molecule has 1 N–H and O–H groups in total. The molecule has 2 unspecified atom stereocenters. The van der Waals surface area contributed by atoms with E-state index in [1.54, 1.807) is 0 Å². The highest BCUT2D eigenvalue weighted by Crippen LogP contribution is 2.27. The van der Waals surface area contributed by atoms with Crippen molar-refractivity contribution in [1.29, 1.82) is 0 Å². The largest absolute Gasteiger partial charge is 0.316 e. The molecule has 1 heterocycles. The third-order valence-electron chi connectivity index (χ3n) is 4.25. The summed E-state index contributed by atoms with van der Waals surface area (Å²) in [5, 5.41) is 3.52. The Hall–Kier alpha value is -0.0800. The van der Waals surface area contributed by atoms with Gasteiger partial charge >= 0.3 is 0 Å². The fourth-order valence-corrected chi connectivity index (χ4v) is 2.71. The molecule has 0 aromatic heterocycles. The summed E-state index contributed by atoms with van der Waals surface area (Å²) in [5.74, 6) is 1.84. The van der Waals surface area contributed by atoms with Gasteiger partial charge in [-0.3, -0.25) is 0 Å². The molecule has 2 nitrogen and oxygen atoms in total. The van der Waals surface area contributed by atoms with Crippen molar-refractivity contribution in [3.8, 4) is 0 Å². The normalized spacial score (nSPS) is 29.4. The van der Waals surface area contributed by atoms with Gasteiger partial charge in [0.25, 0.3) is 0 Å². The minimum atomic E-state index is 0.902. The highest BCUT2D eigenvalue weighted by molar-refractivity contribution is 4.83. The molecule has 2 atom stereocenters. The SMILES string of the molecule is CC(CCN(C)C1CC1)C1CCCNC1. The molecule has 2 aliphatic rings. The third-order valence-corrected chi connectivity index (χ3v) is 4.25. The van der Waals surface area contributed by atoms with Crippen molar-refractivity contribution >= 4 is 0 Å². The predicted molar refractivity (Wildman–Crippen MR) is 65.0 cm³/mol. The van der Waals surface area contributed by atoms with Crippen molar-refractivity contribution in [3.05, 3.63) is 0 Å². The van der Waals surface area contributed by atoms with Crippen molar-refractivity contribution in [2.24, 2.45) is 11.8 Å². The van der Waals surface area contributed by atoms with Crippen molar-refractivity contribution < 1.29 is 0 Å². The van der Waals surface area contributed by atoms with Crippen LogP contribution in [0.5, 0.6) is 0 Å². The van der Waals surface area contributed by atoms with Crippen molar-refractivity contribution in [2.75, 3.05) is 26.7 Å². The predicted octanol–water partition coefficient (Wildman–Crippen LogP) is 2.11. The van der Waals surface area contributed by atoms with Crippen molar-refractivity contribution in [1.82, 2.24) is 10.2 Å². The van der Waals surface area contributed by atoms with E-state index in [9.17, 15) is 0 Å². The van der Waals surface area contributed by atoms with Gasteiger partial charge in [0.1, 0.15) is 0 Å². The first-order valence-corrected chi connectivity index (χ1v) is 6.68. The van der Waals surface area contributed by atoms with Gasteiger partial charge in [-0.2, -0.15) is 0 Å². The molecule has 0 aromatic rings. The maximum atomic E-state index is 3.52. The highest BCUT2D eigenvalue weighted by Gasteiger charge is 2.27. The lowest BCUT2D eigenvalue weighted by molar-refractivity contribution is 0.229. The minimum absolute atomic E-state index is 0.902. The summed E-state index contributed by atoms with van der Waals surface area (Å²) in [6.45, 7) is 6.25. The van der Waals surface area contributed by atoms with Crippen LogP contribution < -0.4 is 5.32 Å². The van der Waals surface area contributed by atoms with Gasteiger partial charge in [-0.1, -0.05) is 6.92 Å². The Morgan fingerprint density at radius 3 is 2.73 bits per heavy atom. The molecule has 15 heavy (non-hydrogen) atoms. The zero-order valence-electron chi connectivity index (χ0n) is 10.3. The van der Waals surface area contributed by atoms with Crippen LogP contribution in [0, 0.1) is 11.8 Å². The van der Waals surface area contributed by atoms with Crippen LogP contribution in [0.15, 0.2) is 0 Å². The van der Waals surface area contributed by atoms with Crippen molar-refractivity contribution in [3.63, 3.8) is 0 Å². The second-order valence-electron chi connectivity index (χ2n) is 5.58. The fourth-order valence-electron chi connectivity index (χ4n) is 2.71. The van der Waals surface area contributed by atoms with E-state index in [0.717, 1.165) is 17.9 Å². The van der Waals surface area contributed by atoms with E-state index in [1.807, 2.05) is 0 Å². The van der Waals surface area contributed by atoms with Gasteiger partial charge in [-0.25, -0.2) is 0 Å². The summed E-state index contributed by atoms with van der Waals surface area (Å²) in [5.41, 5.74) is 0. The number of hydrogen-bond acceptors (Lipinski definition) is 2. The Bertz CT molecular complexity index is 183. The van der Waals surface area contributed by atoms with Gasteiger partial charge in [0, 0.05) is 6.04 Å². The molecular weight excluding hydrogens is 184 g/mol. The molecule has 2 rings (SSSR count). The van der Waals surface area contributed by atoms with E-state index in [4.69, 9.17) is 0 Å². The summed E-state index contributed by atoms with van der Waals surface area (Å²) < 4.78 is 0. The number of rotatable bonds is 5. The van der Waals surface area contributed by atoms with E-state index in [-0.39, 0.29) is 0 Å². The van der Waals surface area contributed by atoms with E-state index in [1.165, 1.54) is 51.7 Å². The summed E-state index contributed by atoms with van der Waals surface area (Å²) in [6.07, 6.45) is 7.10. The van der Waals surface area contributed by atoms with Crippen LogP contribution in [-0.2, 0) is 0 Å². The molecule has 0 radical (unpaired) electrons. The molecule has 2 heteroatoms. The average Bonchev–Trinajstić information content (AvgIpc) is 3.10. The maximum Gasteiger partial charge on any atom is 0.00933 e. The Balaban J connectivity index is 1.64. The molecule has 2 fully saturated rings. The second kappa shape index (κ2) is 5.31. The summed E-state index contributed by atoms with van der Waals surface area (Å²) in [6, 6.07) is 0.932. The summed E-state index contributed by atoms with van der Waals surface area (Å²) in [7, 11) is 2.30. The minimum Gasteiger partial charge on any atom is -0.316 e. The molecule has 0 aromatic carbocycles.